The maximum atomic E-state index is 5.16. The molecule has 2 aromatic rings. The van der Waals surface area contributed by atoms with E-state index in [0.717, 1.165) is 50.1 Å². The van der Waals surface area contributed by atoms with Crippen molar-refractivity contribution in [1.29, 1.82) is 0 Å². The summed E-state index contributed by atoms with van der Waals surface area (Å²) in [5.41, 5.74) is 0. The molecule has 0 unspecified atom stereocenters. The predicted molar refractivity (Wildman–Crippen MR) is 103 cm³/mol. The smallest absolute Gasteiger partial charge is 0.225 e. The van der Waals surface area contributed by atoms with Gasteiger partial charge in [-0.25, -0.2) is 9.97 Å². The van der Waals surface area contributed by atoms with Crippen LogP contribution in [0, 0.1) is 0 Å². The Morgan fingerprint density at radius 2 is 1.81 bits per heavy atom. The highest BCUT2D eigenvalue weighted by molar-refractivity contribution is 5.33. The number of ether oxygens (including phenoxy) is 1. The van der Waals surface area contributed by atoms with E-state index < -0.39 is 0 Å². The van der Waals surface area contributed by atoms with Crippen LogP contribution in [0.5, 0.6) is 5.75 Å². The number of anilines is 1. The van der Waals surface area contributed by atoms with E-state index in [2.05, 4.69) is 41.6 Å². The lowest BCUT2D eigenvalue weighted by Gasteiger charge is -2.32. The van der Waals surface area contributed by atoms with E-state index in [-0.39, 0.29) is 0 Å². The summed E-state index contributed by atoms with van der Waals surface area (Å²) in [7, 11) is 3.74. The molecule has 2 aliphatic rings. The maximum Gasteiger partial charge on any atom is 0.225 e. The van der Waals surface area contributed by atoms with Gasteiger partial charge in [-0.1, -0.05) is 6.42 Å². The van der Waals surface area contributed by atoms with Crippen molar-refractivity contribution in [3.8, 4) is 5.75 Å². The van der Waals surface area contributed by atoms with Gasteiger partial charge in [-0.2, -0.15) is 0 Å². The van der Waals surface area contributed by atoms with Crippen LogP contribution in [0.25, 0.3) is 0 Å². The number of piperidine rings is 2. The summed E-state index contributed by atoms with van der Waals surface area (Å²) >= 11 is 0. The summed E-state index contributed by atoms with van der Waals surface area (Å²) in [5.74, 6) is 3.96. The molecule has 0 spiro atoms. The fourth-order valence-corrected chi connectivity index (χ4v) is 4.13. The fraction of sp³-hybridized carbons (Fsp3) is 0.684. The Balaban J connectivity index is 1.44. The van der Waals surface area contributed by atoms with E-state index >= 15 is 0 Å². The topological polar surface area (TPSA) is 72.2 Å². The van der Waals surface area contributed by atoms with Crippen molar-refractivity contribution in [2.24, 2.45) is 7.05 Å². The molecule has 0 bridgehead atoms. The molecule has 0 N–H and O–H groups in total. The number of aromatic nitrogens is 5. The number of nitrogens with zero attached hydrogens (tertiary/aromatic N) is 7. The first-order valence-electron chi connectivity index (χ1n) is 9.96. The van der Waals surface area contributed by atoms with Crippen LogP contribution < -0.4 is 9.64 Å². The Morgan fingerprint density at radius 3 is 2.56 bits per heavy atom. The van der Waals surface area contributed by atoms with Gasteiger partial charge < -0.3 is 14.2 Å². The van der Waals surface area contributed by atoms with Crippen molar-refractivity contribution in [1.82, 2.24) is 29.6 Å². The summed E-state index contributed by atoms with van der Waals surface area (Å²) in [6, 6.07) is 0. The lowest BCUT2D eigenvalue weighted by atomic mass is 9.97. The number of methoxy groups -OCH3 is 1. The van der Waals surface area contributed by atoms with E-state index in [1.54, 1.807) is 19.5 Å². The largest absolute Gasteiger partial charge is 0.494 e. The quantitative estimate of drug-likeness (QED) is 0.796. The molecular formula is C19H29N7O. The summed E-state index contributed by atoms with van der Waals surface area (Å²) in [6.07, 6.45) is 9.63. The van der Waals surface area contributed by atoms with E-state index in [0.29, 0.717) is 11.7 Å². The fourth-order valence-electron chi connectivity index (χ4n) is 4.13. The van der Waals surface area contributed by atoms with Gasteiger partial charge in [0.15, 0.2) is 5.75 Å². The van der Waals surface area contributed by atoms with Crippen LogP contribution in [0.2, 0.25) is 0 Å². The summed E-state index contributed by atoms with van der Waals surface area (Å²) in [6.45, 7) is 5.10. The van der Waals surface area contributed by atoms with E-state index in [1.165, 1.54) is 32.4 Å². The van der Waals surface area contributed by atoms with Gasteiger partial charge in [0.05, 0.1) is 26.0 Å². The Kier molecular flexibility index (Phi) is 5.52. The lowest BCUT2D eigenvalue weighted by Crippen LogP contribution is -2.36. The van der Waals surface area contributed by atoms with Gasteiger partial charge in [-0.05, 0) is 38.8 Å². The van der Waals surface area contributed by atoms with Crippen LogP contribution in [-0.4, -0.2) is 62.9 Å². The average Bonchev–Trinajstić information content (AvgIpc) is 3.09. The number of hydrogen-bond acceptors (Lipinski definition) is 7. The Bertz CT molecular complexity index is 739. The Morgan fingerprint density at radius 1 is 1.04 bits per heavy atom. The van der Waals surface area contributed by atoms with Gasteiger partial charge in [0.1, 0.15) is 11.6 Å². The first kappa shape index (κ1) is 18.2. The zero-order chi connectivity index (χ0) is 18.6. The Labute approximate surface area is 160 Å². The van der Waals surface area contributed by atoms with E-state index in [1.807, 2.05) is 0 Å². The molecule has 1 atom stereocenters. The van der Waals surface area contributed by atoms with Crippen LogP contribution >= 0.6 is 0 Å². The van der Waals surface area contributed by atoms with E-state index in [4.69, 9.17) is 4.74 Å². The highest BCUT2D eigenvalue weighted by atomic mass is 16.5. The normalized spacial score (nSPS) is 21.4. The Hall–Kier alpha value is -2.22. The second kappa shape index (κ2) is 8.21. The molecule has 4 rings (SSSR count). The molecule has 0 aromatic carbocycles. The van der Waals surface area contributed by atoms with Crippen molar-refractivity contribution in [3.05, 3.63) is 24.0 Å². The maximum absolute atomic E-state index is 5.16. The number of rotatable bonds is 5. The molecule has 146 valence electrons. The van der Waals surface area contributed by atoms with Crippen molar-refractivity contribution in [2.45, 2.75) is 44.6 Å². The molecule has 0 radical (unpaired) electrons. The summed E-state index contributed by atoms with van der Waals surface area (Å²) in [5, 5.41) is 9.07. The molecule has 8 nitrogen and oxygen atoms in total. The third-order valence-electron chi connectivity index (χ3n) is 5.73. The molecule has 27 heavy (non-hydrogen) atoms. The van der Waals surface area contributed by atoms with Crippen LogP contribution in [0.3, 0.4) is 0 Å². The van der Waals surface area contributed by atoms with Crippen LogP contribution in [0.4, 0.5) is 5.95 Å². The number of hydrogen-bond donors (Lipinski definition) is 0. The zero-order valence-electron chi connectivity index (χ0n) is 16.3. The van der Waals surface area contributed by atoms with Crippen LogP contribution in [0.1, 0.15) is 49.7 Å². The molecule has 4 heterocycles. The molecule has 2 aromatic heterocycles. The molecular weight excluding hydrogens is 342 g/mol. The van der Waals surface area contributed by atoms with Crippen molar-refractivity contribution >= 4 is 5.95 Å². The molecule has 2 fully saturated rings. The van der Waals surface area contributed by atoms with Gasteiger partial charge >= 0.3 is 0 Å². The minimum atomic E-state index is 0.358. The first-order valence-corrected chi connectivity index (χ1v) is 9.96. The predicted octanol–water partition coefficient (Wildman–Crippen LogP) is 1.98. The average molecular weight is 371 g/mol. The molecule has 0 amide bonds. The van der Waals surface area contributed by atoms with Crippen molar-refractivity contribution in [3.63, 3.8) is 0 Å². The summed E-state index contributed by atoms with van der Waals surface area (Å²) in [4.78, 5) is 13.6. The van der Waals surface area contributed by atoms with Gasteiger partial charge in [0.2, 0.25) is 5.95 Å². The van der Waals surface area contributed by atoms with Gasteiger partial charge in [-0.15, -0.1) is 10.2 Å². The van der Waals surface area contributed by atoms with Crippen molar-refractivity contribution in [2.75, 3.05) is 38.2 Å². The second-order valence-electron chi connectivity index (χ2n) is 7.58. The SMILES string of the molecule is COc1cnc(N2CCC[C@H](c3nnc(CN4CCCCC4)n3C)C2)nc1. The minimum absolute atomic E-state index is 0.358. The highest BCUT2D eigenvalue weighted by Gasteiger charge is 2.27. The molecule has 0 aliphatic carbocycles. The third kappa shape index (κ3) is 4.05. The van der Waals surface area contributed by atoms with Gasteiger partial charge in [-0.3, -0.25) is 4.90 Å². The second-order valence-corrected chi connectivity index (χ2v) is 7.58. The minimum Gasteiger partial charge on any atom is -0.494 e. The third-order valence-corrected chi connectivity index (χ3v) is 5.73. The first-order chi connectivity index (χ1) is 13.2. The van der Waals surface area contributed by atoms with Crippen LogP contribution in [-0.2, 0) is 13.6 Å². The lowest BCUT2D eigenvalue weighted by molar-refractivity contribution is 0.213. The van der Waals surface area contributed by atoms with E-state index in [9.17, 15) is 0 Å². The van der Waals surface area contributed by atoms with Gasteiger partial charge in [0.25, 0.3) is 0 Å². The van der Waals surface area contributed by atoms with Crippen LogP contribution in [0.15, 0.2) is 12.4 Å². The summed E-state index contributed by atoms with van der Waals surface area (Å²) < 4.78 is 7.36. The van der Waals surface area contributed by atoms with Gasteiger partial charge in [0, 0.05) is 26.1 Å². The molecule has 2 aliphatic heterocycles. The zero-order valence-corrected chi connectivity index (χ0v) is 16.3. The van der Waals surface area contributed by atoms with Crippen molar-refractivity contribution < 1.29 is 4.74 Å². The standard InChI is InChI=1S/C19H29N7O/c1-24-17(14-25-8-4-3-5-9-25)22-23-18(24)15-7-6-10-26(13-15)19-20-11-16(27-2)12-21-19/h11-12,15H,3-10,13-14H2,1-2H3/t15-/m0/s1. The highest BCUT2D eigenvalue weighted by Crippen LogP contribution is 2.28. The molecule has 2 saturated heterocycles. The molecule has 8 heteroatoms. The number of likely N-dealkylation sites (tertiary alicyclic amines) is 1. The molecule has 0 saturated carbocycles. The monoisotopic (exact) mass is 371 g/mol.